The lowest BCUT2D eigenvalue weighted by molar-refractivity contribution is 0.103. The first-order valence-corrected chi connectivity index (χ1v) is 10.7. The van der Waals surface area contributed by atoms with Gasteiger partial charge in [0.25, 0.3) is 0 Å². The van der Waals surface area contributed by atoms with Gasteiger partial charge in [0.15, 0.2) is 0 Å². The first-order valence-electron chi connectivity index (χ1n) is 10.7. The minimum Gasteiger partial charge on any atom is -0.303 e. The van der Waals surface area contributed by atoms with E-state index in [1.807, 2.05) is 0 Å². The fourth-order valence-corrected chi connectivity index (χ4v) is 4.90. The Kier molecular flexibility index (Phi) is 7.61. The second-order valence-electron chi connectivity index (χ2n) is 10.1. The van der Waals surface area contributed by atoms with Crippen molar-refractivity contribution in [3.63, 3.8) is 0 Å². The van der Waals surface area contributed by atoms with Crippen LogP contribution in [0.5, 0.6) is 0 Å². The van der Waals surface area contributed by atoms with Crippen molar-refractivity contribution in [3.05, 3.63) is 0 Å². The molecular formula is C22H44N2. The predicted octanol–water partition coefficient (Wildman–Crippen LogP) is 5.28. The van der Waals surface area contributed by atoms with E-state index in [1.54, 1.807) is 0 Å². The Hall–Kier alpha value is -0.0800. The van der Waals surface area contributed by atoms with Gasteiger partial charge in [0, 0.05) is 6.04 Å². The highest BCUT2D eigenvalue weighted by Crippen LogP contribution is 2.34. The molecule has 0 aromatic heterocycles. The number of hydrogen-bond acceptors (Lipinski definition) is 2. The van der Waals surface area contributed by atoms with Crippen LogP contribution in [-0.2, 0) is 0 Å². The maximum atomic E-state index is 2.73. The lowest BCUT2D eigenvalue weighted by Crippen LogP contribution is -2.40. The van der Waals surface area contributed by atoms with Crippen LogP contribution in [0, 0.1) is 23.2 Å². The van der Waals surface area contributed by atoms with E-state index < -0.39 is 0 Å². The summed E-state index contributed by atoms with van der Waals surface area (Å²) < 4.78 is 0. The van der Waals surface area contributed by atoms with Gasteiger partial charge in [0.1, 0.15) is 0 Å². The van der Waals surface area contributed by atoms with Gasteiger partial charge in [0.05, 0.1) is 0 Å². The van der Waals surface area contributed by atoms with Gasteiger partial charge in [-0.15, -0.1) is 0 Å². The van der Waals surface area contributed by atoms with Gasteiger partial charge in [-0.1, -0.05) is 27.7 Å². The average Bonchev–Trinajstić information content (AvgIpc) is 2.54. The van der Waals surface area contributed by atoms with Crippen molar-refractivity contribution in [3.8, 4) is 0 Å². The Morgan fingerprint density at radius 1 is 0.875 bits per heavy atom. The molecule has 2 saturated heterocycles. The van der Waals surface area contributed by atoms with E-state index in [-0.39, 0.29) is 0 Å². The van der Waals surface area contributed by atoms with E-state index in [0.717, 1.165) is 23.8 Å². The van der Waals surface area contributed by atoms with Crippen molar-refractivity contribution in [2.45, 2.75) is 86.1 Å². The van der Waals surface area contributed by atoms with Crippen LogP contribution in [0.4, 0.5) is 0 Å². The van der Waals surface area contributed by atoms with Crippen molar-refractivity contribution in [2.24, 2.45) is 23.2 Å². The van der Waals surface area contributed by atoms with Gasteiger partial charge in [0.2, 0.25) is 0 Å². The van der Waals surface area contributed by atoms with Crippen molar-refractivity contribution in [2.75, 3.05) is 32.7 Å². The molecule has 0 N–H and O–H groups in total. The lowest BCUT2D eigenvalue weighted by atomic mass is 9.75. The molecule has 0 bridgehead atoms. The second kappa shape index (κ2) is 9.03. The SMILES string of the molecule is CC(CCCN1CCC(C(C)(C)C)CC1)C1CCN(C(C)C)CC1. The summed E-state index contributed by atoms with van der Waals surface area (Å²) in [4.78, 5) is 5.39. The van der Waals surface area contributed by atoms with Gasteiger partial charge in [-0.2, -0.15) is 0 Å². The maximum Gasteiger partial charge on any atom is 0.00385 e. The largest absolute Gasteiger partial charge is 0.303 e. The quantitative estimate of drug-likeness (QED) is 0.651. The molecule has 2 rings (SSSR count). The molecular weight excluding hydrogens is 292 g/mol. The van der Waals surface area contributed by atoms with Gasteiger partial charge < -0.3 is 9.80 Å². The normalized spacial score (nSPS) is 24.6. The molecule has 0 aromatic rings. The Morgan fingerprint density at radius 3 is 1.96 bits per heavy atom. The lowest BCUT2D eigenvalue weighted by Gasteiger charge is -2.39. The molecule has 0 aromatic carbocycles. The van der Waals surface area contributed by atoms with Crippen molar-refractivity contribution in [1.29, 1.82) is 0 Å². The molecule has 0 saturated carbocycles. The number of piperidine rings is 2. The molecule has 24 heavy (non-hydrogen) atoms. The highest BCUT2D eigenvalue weighted by molar-refractivity contribution is 4.81. The first-order chi connectivity index (χ1) is 11.3. The molecule has 2 aliphatic rings. The number of likely N-dealkylation sites (tertiary alicyclic amines) is 2. The maximum absolute atomic E-state index is 2.73. The Labute approximate surface area is 152 Å². The number of rotatable bonds is 6. The summed E-state index contributed by atoms with van der Waals surface area (Å²) in [6.45, 7) is 21.1. The topological polar surface area (TPSA) is 6.48 Å². The van der Waals surface area contributed by atoms with Crippen molar-refractivity contribution >= 4 is 0 Å². The van der Waals surface area contributed by atoms with E-state index in [1.165, 1.54) is 71.2 Å². The molecule has 0 radical (unpaired) electrons. The molecule has 2 aliphatic heterocycles. The zero-order valence-electron chi connectivity index (χ0n) is 17.5. The van der Waals surface area contributed by atoms with Crippen LogP contribution >= 0.6 is 0 Å². The highest BCUT2D eigenvalue weighted by atomic mass is 15.1. The molecule has 0 amide bonds. The summed E-state index contributed by atoms with van der Waals surface area (Å²) in [5.41, 5.74) is 0.505. The summed E-state index contributed by atoms with van der Waals surface area (Å²) in [5, 5.41) is 0. The third kappa shape index (κ3) is 6.02. The van der Waals surface area contributed by atoms with Gasteiger partial charge in [-0.25, -0.2) is 0 Å². The Morgan fingerprint density at radius 2 is 1.46 bits per heavy atom. The van der Waals surface area contributed by atoms with Crippen LogP contribution in [0.25, 0.3) is 0 Å². The second-order valence-corrected chi connectivity index (χ2v) is 10.1. The van der Waals surface area contributed by atoms with Crippen LogP contribution < -0.4 is 0 Å². The van der Waals surface area contributed by atoms with E-state index >= 15 is 0 Å². The fourth-order valence-electron chi connectivity index (χ4n) is 4.90. The van der Waals surface area contributed by atoms with E-state index in [9.17, 15) is 0 Å². The van der Waals surface area contributed by atoms with E-state index in [2.05, 4.69) is 51.3 Å². The average molecular weight is 337 g/mol. The molecule has 142 valence electrons. The third-order valence-corrected chi connectivity index (χ3v) is 7.06. The fraction of sp³-hybridized carbons (Fsp3) is 1.00. The zero-order valence-corrected chi connectivity index (χ0v) is 17.5. The standard InChI is InChI=1S/C22H44N2/c1-18(2)24-16-9-20(10-17-24)19(3)8-7-13-23-14-11-21(12-15-23)22(4,5)6/h18-21H,7-17H2,1-6H3. The summed E-state index contributed by atoms with van der Waals surface area (Å²) in [6, 6.07) is 0.734. The number of nitrogens with zero attached hydrogens (tertiary/aromatic N) is 2. The molecule has 2 heteroatoms. The summed E-state index contributed by atoms with van der Waals surface area (Å²) in [5.74, 6) is 2.83. The smallest absolute Gasteiger partial charge is 0.00385 e. The first kappa shape index (κ1) is 20.2. The predicted molar refractivity (Wildman–Crippen MR) is 106 cm³/mol. The van der Waals surface area contributed by atoms with Gasteiger partial charge in [-0.3, -0.25) is 0 Å². The van der Waals surface area contributed by atoms with Crippen LogP contribution in [0.3, 0.4) is 0 Å². The molecule has 2 nitrogen and oxygen atoms in total. The molecule has 0 aliphatic carbocycles. The molecule has 2 fully saturated rings. The molecule has 1 unspecified atom stereocenters. The Balaban J connectivity index is 1.59. The molecule has 0 spiro atoms. The minimum atomic E-state index is 0.505. The van der Waals surface area contributed by atoms with Gasteiger partial charge >= 0.3 is 0 Å². The van der Waals surface area contributed by atoms with Crippen LogP contribution in [0.15, 0.2) is 0 Å². The third-order valence-electron chi connectivity index (χ3n) is 7.06. The summed E-state index contributed by atoms with van der Waals surface area (Å²) >= 11 is 0. The number of hydrogen-bond donors (Lipinski definition) is 0. The Bertz CT molecular complexity index is 341. The zero-order chi connectivity index (χ0) is 17.7. The van der Waals surface area contributed by atoms with Crippen molar-refractivity contribution < 1.29 is 0 Å². The van der Waals surface area contributed by atoms with Crippen LogP contribution in [-0.4, -0.2) is 48.6 Å². The summed E-state index contributed by atoms with van der Waals surface area (Å²) in [7, 11) is 0. The van der Waals surface area contributed by atoms with E-state index in [4.69, 9.17) is 0 Å². The monoisotopic (exact) mass is 336 g/mol. The van der Waals surface area contributed by atoms with E-state index in [0.29, 0.717) is 5.41 Å². The molecule has 2 heterocycles. The minimum absolute atomic E-state index is 0.505. The summed E-state index contributed by atoms with van der Waals surface area (Å²) in [6.07, 6.45) is 8.52. The van der Waals surface area contributed by atoms with Crippen LogP contribution in [0.2, 0.25) is 0 Å². The van der Waals surface area contributed by atoms with Crippen LogP contribution in [0.1, 0.15) is 80.1 Å². The highest BCUT2D eigenvalue weighted by Gasteiger charge is 2.29. The van der Waals surface area contributed by atoms with Crippen molar-refractivity contribution in [1.82, 2.24) is 9.80 Å². The molecule has 1 atom stereocenters. The van der Waals surface area contributed by atoms with Gasteiger partial charge in [-0.05, 0) is 108 Å².